The Hall–Kier alpha value is -1.71. The zero-order chi connectivity index (χ0) is 18.4. The molecule has 2 rings (SSSR count). The van der Waals surface area contributed by atoms with Crippen molar-refractivity contribution in [2.75, 3.05) is 20.3 Å². The molecule has 0 amide bonds. The second-order valence-corrected chi connectivity index (χ2v) is 7.67. The van der Waals surface area contributed by atoms with Gasteiger partial charge in [-0.15, -0.1) is 0 Å². The highest BCUT2D eigenvalue weighted by Gasteiger charge is 2.19. The zero-order valence-corrected chi connectivity index (χ0v) is 16.5. The molecule has 3 nitrogen and oxygen atoms in total. The van der Waals surface area contributed by atoms with Crippen LogP contribution in [0.1, 0.15) is 37.5 Å². The number of hydrogen-bond donors (Lipinski definition) is 1. The number of rotatable bonds is 7. The Bertz CT molecular complexity index is 708. The van der Waals surface area contributed by atoms with Gasteiger partial charge in [-0.05, 0) is 54.8 Å². The van der Waals surface area contributed by atoms with Crippen molar-refractivity contribution < 1.29 is 9.47 Å². The van der Waals surface area contributed by atoms with E-state index in [0.29, 0.717) is 24.8 Å². The molecule has 0 aromatic heterocycles. The van der Waals surface area contributed by atoms with Crippen LogP contribution in [-0.2, 0) is 12.0 Å². The van der Waals surface area contributed by atoms with E-state index < -0.39 is 0 Å². The van der Waals surface area contributed by atoms with Gasteiger partial charge < -0.3 is 14.8 Å². The topological polar surface area (TPSA) is 30.5 Å². The smallest absolute Gasteiger partial charge is 0.124 e. The number of hydrogen-bond acceptors (Lipinski definition) is 3. The quantitative estimate of drug-likeness (QED) is 0.694. The first-order valence-corrected chi connectivity index (χ1v) is 8.99. The molecule has 0 saturated carbocycles. The highest BCUT2D eigenvalue weighted by Crippen LogP contribution is 2.32. The predicted octanol–water partition coefficient (Wildman–Crippen LogP) is 5.12. The maximum absolute atomic E-state index is 6.06. The van der Waals surface area contributed by atoms with Gasteiger partial charge in [-0.3, -0.25) is 0 Å². The van der Waals surface area contributed by atoms with Crippen LogP contribution in [0.5, 0.6) is 11.5 Å². The Labute approximate surface area is 156 Å². The molecule has 136 valence electrons. The fourth-order valence-electron chi connectivity index (χ4n) is 2.69. The first kappa shape index (κ1) is 19.6. The third-order valence-electron chi connectivity index (χ3n) is 3.93. The van der Waals surface area contributed by atoms with E-state index in [1.165, 1.54) is 11.1 Å². The van der Waals surface area contributed by atoms with Gasteiger partial charge in [0.2, 0.25) is 0 Å². The summed E-state index contributed by atoms with van der Waals surface area (Å²) < 4.78 is 11.9. The Morgan fingerprint density at radius 1 is 0.960 bits per heavy atom. The number of nitrogens with one attached hydrogen (secondary N) is 1. The first-order valence-electron chi connectivity index (χ1n) is 8.61. The van der Waals surface area contributed by atoms with Crippen molar-refractivity contribution in [3.05, 3.63) is 58.1 Å². The summed E-state index contributed by atoms with van der Waals surface area (Å²) in [6.45, 7) is 10.3. The van der Waals surface area contributed by atoms with Crippen molar-refractivity contribution in [1.82, 2.24) is 5.32 Å². The van der Waals surface area contributed by atoms with Crippen molar-refractivity contribution in [2.45, 2.75) is 39.7 Å². The maximum atomic E-state index is 6.06. The fraction of sp³-hybridized carbons (Fsp3) is 0.429. The summed E-state index contributed by atoms with van der Waals surface area (Å²) in [5.41, 5.74) is 3.49. The number of benzene rings is 2. The van der Waals surface area contributed by atoms with E-state index in [9.17, 15) is 0 Å². The average Bonchev–Trinajstić information content (AvgIpc) is 2.52. The van der Waals surface area contributed by atoms with E-state index >= 15 is 0 Å². The van der Waals surface area contributed by atoms with Gasteiger partial charge in [0.1, 0.15) is 24.7 Å². The fourth-order valence-corrected chi connectivity index (χ4v) is 2.88. The van der Waals surface area contributed by atoms with E-state index in [-0.39, 0.29) is 5.41 Å². The van der Waals surface area contributed by atoms with E-state index in [1.807, 2.05) is 25.2 Å². The Morgan fingerprint density at radius 3 is 2.28 bits per heavy atom. The van der Waals surface area contributed by atoms with Crippen LogP contribution in [0.4, 0.5) is 0 Å². The Kier molecular flexibility index (Phi) is 6.74. The van der Waals surface area contributed by atoms with E-state index in [0.717, 1.165) is 17.1 Å². The molecule has 0 radical (unpaired) electrons. The van der Waals surface area contributed by atoms with Crippen LogP contribution in [0.25, 0.3) is 0 Å². The van der Waals surface area contributed by atoms with Crippen molar-refractivity contribution in [1.29, 1.82) is 0 Å². The Balaban J connectivity index is 1.99. The van der Waals surface area contributed by atoms with Crippen LogP contribution >= 0.6 is 11.6 Å². The second kappa shape index (κ2) is 8.59. The highest BCUT2D eigenvalue weighted by atomic mass is 35.5. The molecule has 0 aliphatic rings. The molecule has 2 aromatic carbocycles. The first-order chi connectivity index (χ1) is 11.8. The van der Waals surface area contributed by atoms with Crippen molar-refractivity contribution >= 4 is 11.6 Å². The van der Waals surface area contributed by atoms with E-state index in [4.69, 9.17) is 21.1 Å². The summed E-state index contributed by atoms with van der Waals surface area (Å²) in [5.74, 6) is 1.77. The van der Waals surface area contributed by atoms with Crippen molar-refractivity contribution in [3.63, 3.8) is 0 Å². The zero-order valence-electron chi connectivity index (χ0n) is 15.8. The molecule has 25 heavy (non-hydrogen) atoms. The molecule has 0 bridgehead atoms. The molecule has 0 heterocycles. The summed E-state index contributed by atoms with van der Waals surface area (Å²) in [6, 6.07) is 12.0. The van der Waals surface area contributed by atoms with Crippen LogP contribution < -0.4 is 14.8 Å². The molecular formula is C21H28ClNO2. The van der Waals surface area contributed by atoms with Gasteiger partial charge in [0.05, 0.1) is 0 Å². The van der Waals surface area contributed by atoms with Gasteiger partial charge in [0.25, 0.3) is 0 Å². The van der Waals surface area contributed by atoms with Gasteiger partial charge in [0, 0.05) is 17.1 Å². The molecule has 4 heteroatoms. The average molecular weight is 362 g/mol. The van der Waals surface area contributed by atoms with Gasteiger partial charge in [-0.1, -0.05) is 44.5 Å². The van der Waals surface area contributed by atoms with Gasteiger partial charge in [-0.2, -0.15) is 0 Å². The van der Waals surface area contributed by atoms with Crippen molar-refractivity contribution in [2.24, 2.45) is 0 Å². The summed E-state index contributed by atoms with van der Waals surface area (Å²) in [7, 11) is 1.90. The van der Waals surface area contributed by atoms with E-state index in [2.05, 4.69) is 51.2 Å². The third kappa shape index (κ3) is 5.65. The molecule has 0 aliphatic heterocycles. The lowest BCUT2D eigenvalue weighted by Gasteiger charge is -2.23. The third-order valence-corrected chi connectivity index (χ3v) is 4.17. The highest BCUT2D eigenvalue weighted by molar-refractivity contribution is 6.30. The lowest BCUT2D eigenvalue weighted by Crippen LogP contribution is -2.16. The molecule has 1 N–H and O–H groups in total. The SMILES string of the molecule is CNCc1cc(Cl)ccc1OCCOc1cc(C)ccc1C(C)(C)C. The van der Waals surface area contributed by atoms with Crippen LogP contribution in [0.3, 0.4) is 0 Å². The number of aryl methyl sites for hydroxylation is 1. The molecule has 0 saturated heterocycles. The molecule has 0 aliphatic carbocycles. The van der Waals surface area contributed by atoms with Gasteiger partial charge in [0.15, 0.2) is 0 Å². The second-order valence-electron chi connectivity index (χ2n) is 7.23. The lowest BCUT2D eigenvalue weighted by molar-refractivity contribution is 0.213. The minimum atomic E-state index is 0.0417. The molecule has 2 aromatic rings. The summed E-state index contributed by atoms with van der Waals surface area (Å²) in [5, 5.41) is 3.84. The monoisotopic (exact) mass is 361 g/mol. The summed E-state index contributed by atoms with van der Waals surface area (Å²) in [4.78, 5) is 0. The summed E-state index contributed by atoms with van der Waals surface area (Å²) in [6.07, 6.45) is 0. The van der Waals surface area contributed by atoms with Crippen LogP contribution in [0.15, 0.2) is 36.4 Å². The standard InChI is InChI=1S/C21H28ClNO2/c1-15-6-8-18(21(2,3)4)20(12-15)25-11-10-24-19-9-7-17(22)13-16(19)14-23-5/h6-9,12-13,23H,10-11,14H2,1-5H3. The summed E-state index contributed by atoms with van der Waals surface area (Å²) >= 11 is 6.06. The molecule has 0 unspecified atom stereocenters. The van der Waals surface area contributed by atoms with Crippen LogP contribution in [0, 0.1) is 6.92 Å². The normalized spacial score (nSPS) is 11.4. The largest absolute Gasteiger partial charge is 0.490 e. The minimum Gasteiger partial charge on any atom is -0.490 e. The minimum absolute atomic E-state index is 0.0417. The Morgan fingerprint density at radius 2 is 1.64 bits per heavy atom. The van der Waals surface area contributed by atoms with Gasteiger partial charge in [-0.25, -0.2) is 0 Å². The molecular weight excluding hydrogens is 334 g/mol. The van der Waals surface area contributed by atoms with Crippen LogP contribution in [0.2, 0.25) is 5.02 Å². The molecule has 0 spiro atoms. The lowest BCUT2D eigenvalue weighted by atomic mass is 9.86. The molecule has 0 fully saturated rings. The maximum Gasteiger partial charge on any atom is 0.124 e. The van der Waals surface area contributed by atoms with Crippen molar-refractivity contribution in [3.8, 4) is 11.5 Å². The molecule has 0 atom stereocenters. The number of ether oxygens (including phenoxy) is 2. The van der Waals surface area contributed by atoms with Gasteiger partial charge >= 0.3 is 0 Å². The van der Waals surface area contributed by atoms with E-state index in [1.54, 1.807) is 0 Å². The number of halogens is 1. The van der Waals surface area contributed by atoms with Crippen LogP contribution in [-0.4, -0.2) is 20.3 Å². The predicted molar refractivity (Wildman–Crippen MR) is 105 cm³/mol.